The molecule has 0 unspecified atom stereocenters. The standard InChI is InChI=1S/C13H16N2O4/c1-14-7-3-2-4-10-5-6-11(9-13(16)17)12(8-10)15(18)19/h2,4-6,8,14H,3,7,9H2,1H3,(H,16,17). The summed E-state index contributed by atoms with van der Waals surface area (Å²) in [5.41, 5.74) is 0.750. The van der Waals surface area contributed by atoms with Crippen molar-refractivity contribution in [2.45, 2.75) is 12.8 Å². The van der Waals surface area contributed by atoms with Gasteiger partial charge in [0.05, 0.1) is 11.3 Å². The van der Waals surface area contributed by atoms with Crippen LogP contribution in [0.25, 0.3) is 6.08 Å². The number of nitro groups is 1. The molecule has 0 spiro atoms. The monoisotopic (exact) mass is 264 g/mol. The van der Waals surface area contributed by atoms with Crippen molar-refractivity contribution in [2.24, 2.45) is 0 Å². The molecule has 0 fully saturated rings. The molecule has 0 aliphatic heterocycles. The summed E-state index contributed by atoms with van der Waals surface area (Å²) in [7, 11) is 1.85. The zero-order chi connectivity index (χ0) is 14.3. The molecule has 6 nitrogen and oxygen atoms in total. The number of carboxylic acids is 1. The van der Waals surface area contributed by atoms with Crippen molar-refractivity contribution in [2.75, 3.05) is 13.6 Å². The molecule has 1 aromatic carbocycles. The number of carboxylic acid groups (broad SMARTS) is 1. The zero-order valence-electron chi connectivity index (χ0n) is 10.6. The van der Waals surface area contributed by atoms with Crippen LogP contribution in [-0.4, -0.2) is 29.6 Å². The van der Waals surface area contributed by atoms with Crippen molar-refractivity contribution in [3.63, 3.8) is 0 Å². The van der Waals surface area contributed by atoms with Crippen molar-refractivity contribution in [3.8, 4) is 0 Å². The molecule has 0 heterocycles. The van der Waals surface area contributed by atoms with Crippen LogP contribution in [0.1, 0.15) is 17.5 Å². The molecule has 0 amide bonds. The molecule has 6 heteroatoms. The van der Waals surface area contributed by atoms with Crippen LogP contribution in [0, 0.1) is 10.1 Å². The Labute approximate surface area is 110 Å². The molecule has 0 aromatic heterocycles. The number of nitro benzene ring substituents is 1. The van der Waals surface area contributed by atoms with Crippen LogP contribution in [0.5, 0.6) is 0 Å². The maximum atomic E-state index is 10.9. The summed E-state index contributed by atoms with van der Waals surface area (Å²) >= 11 is 0. The lowest BCUT2D eigenvalue weighted by Crippen LogP contribution is -2.05. The first-order valence-corrected chi connectivity index (χ1v) is 5.85. The molecule has 102 valence electrons. The summed E-state index contributed by atoms with van der Waals surface area (Å²) in [6, 6.07) is 4.57. The van der Waals surface area contributed by atoms with Gasteiger partial charge in [-0.3, -0.25) is 14.9 Å². The van der Waals surface area contributed by atoms with Crippen molar-refractivity contribution < 1.29 is 14.8 Å². The number of carbonyl (C=O) groups is 1. The van der Waals surface area contributed by atoms with Crippen LogP contribution in [0.2, 0.25) is 0 Å². The summed E-state index contributed by atoms with van der Waals surface area (Å²) in [6.07, 6.45) is 4.17. The summed E-state index contributed by atoms with van der Waals surface area (Å²) in [5.74, 6) is -1.08. The first-order chi connectivity index (χ1) is 9.04. The van der Waals surface area contributed by atoms with Gasteiger partial charge in [0.25, 0.3) is 5.69 Å². The van der Waals surface area contributed by atoms with E-state index in [0.717, 1.165) is 13.0 Å². The Morgan fingerprint density at radius 3 is 2.84 bits per heavy atom. The second kappa shape index (κ2) is 7.27. The fourth-order valence-corrected chi connectivity index (χ4v) is 1.61. The summed E-state index contributed by atoms with van der Waals surface area (Å²) in [4.78, 5) is 21.0. The van der Waals surface area contributed by atoms with Gasteiger partial charge in [-0.25, -0.2) is 0 Å². The van der Waals surface area contributed by atoms with Crippen LogP contribution >= 0.6 is 0 Å². The van der Waals surface area contributed by atoms with E-state index in [9.17, 15) is 14.9 Å². The number of aliphatic carboxylic acids is 1. The maximum Gasteiger partial charge on any atom is 0.308 e. The van der Waals surface area contributed by atoms with Crippen LogP contribution in [0.15, 0.2) is 24.3 Å². The van der Waals surface area contributed by atoms with E-state index >= 15 is 0 Å². The third kappa shape index (κ3) is 4.89. The molecular weight excluding hydrogens is 248 g/mol. The quantitative estimate of drug-likeness (QED) is 0.445. The molecule has 2 N–H and O–H groups in total. The Balaban J connectivity index is 2.92. The average Bonchev–Trinajstić information content (AvgIpc) is 2.35. The Morgan fingerprint density at radius 2 is 2.26 bits per heavy atom. The number of rotatable bonds is 7. The lowest BCUT2D eigenvalue weighted by molar-refractivity contribution is -0.385. The molecule has 0 radical (unpaired) electrons. The molecule has 0 aliphatic rings. The van der Waals surface area contributed by atoms with Gasteiger partial charge in [-0.05, 0) is 25.6 Å². The largest absolute Gasteiger partial charge is 0.481 e. The lowest BCUT2D eigenvalue weighted by Gasteiger charge is -2.01. The second-order valence-electron chi connectivity index (χ2n) is 4.01. The van der Waals surface area contributed by atoms with E-state index in [1.807, 2.05) is 13.1 Å². The number of nitrogens with zero attached hydrogens (tertiary/aromatic N) is 1. The van der Waals surface area contributed by atoms with Gasteiger partial charge in [0.2, 0.25) is 0 Å². The average molecular weight is 264 g/mol. The van der Waals surface area contributed by atoms with Gasteiger partial charge >= 0.3 is 5.97 Å². The topological polar surface area (TPSA) is 92.5 Å². The predicted molar refractivity (Wildman–Crippen MR) is 72.0 cm³/mol. The van der Waals surface area contributed by atoms with Crippen LogP contribution in [0.3, 0.4) is 0 Å². The van der Waals surface area contributed by atoms with Crippen molar-refractivity contribution >= 4 is 17.7 Å². The molecule has 0 saturated heterocycles. The number of benzene rings is 1. The molecule has 1 aromatic rings. The van der Waals surface area contributed by atoms with Gasteiger partial charge < -0.3 is 10.4 Å². The lowest BCUT2D eigenvalue weighted by atomic mass is 10.1. The highest BCUT2D eigenvalue weighted by molar-refractivity contribution is 5.72. The minimum atomic E-state index is -1.08. The number of hydrogen-bond acceptors (Lipinski definition) is 4. The van der Waals surface area contributed by atoms with E-state index in [0.29, 0.717) is 5.56 Å². The van der Waals surface area contributed by atoms with Gasteiger partial charge in [-0.1, -0.05) is 24.3 Å². The summed E-state index contributed by atoms with van der Waals surface area (Å²) in [5, 5.41) is 22.6. The highest BCUT2D eigenvalue weighted by Crippen LogP contribution is 2.21. The van der Waals surface area contributed by atoms with E-state index in [-0.39, 0.29) is 17.7 Å². The van der Waals surface area contributed by atoms with E-state index < -0.39 is 10.9 Å². The van der Waals surface area contributed by atoms with Crippen LogP contribution in [-0.2, 0) is 11.2 Å². The fraction of sp³-hybridized carbons (Fsp3) is 0.308. The van der Waals surface area contributed by atoms with Gasteiger partial charge in [-0.15, -0.1) is 0 Å². The minimum Gasteiger partial charge on any atom is -0.481 e. The van der Waals surface area contributed by atoms with E-state index in [2.05, 4.69) is 5.32 Å². The minimum absolute atomic E-state index is 0.154. The van der Waals surface area contributed by atoms with Gasteiger partial charge in [0, 0.05) is 11.6 Å². The van der Waals surface area contributed by atoms with Gasteiger partial charge in [0.1, 0.15) is 0 Å². The number of hydrogen-bond donors (Lipinski definition) is 2. The Morgan fingerprint density at radius 1 is 1.53 bits per heavy atom. The van der Waals surface area contributed by atoms with Crippen molar-refractivity contribution in [1.82, 2.24) is 5.32 Å². The first kappa shape index (κ1) is 14.8. The first-order valence-electron chi connectivity index (χ1n) is 5.85. The smallest absolute Gasteiger partial charge is 0.308 e. The second-order valence-corrected chi connectivity index (χ2v) is 4.01. The summed E-state index contributed by atoms with van der Waals surface area (Å²) < 4.78 is 0. The van der Waals surface area contributed by atoms with Crippen LogP contribution in [0.4, 0.5) is 5.69 Å². The highest BCUT2D eigenvalue weighted by atomic mass is 16.6. The zero-order valence-corrected chi connectivity index (χ0v) is 10.6. The molecule has 0 atom stereocenters. The Kier molecular flexibility index (Phi) is 5.69. The third-order valence-corrected chi connectivity index (χ3v) is 2.52. The highest BCUT2D eigenvalue weighted by Gasteiger charge is 2.16. The number of nitrogens with one attached hydrogen (secondary N) is 1. The van der Waals surface area contributed by atoms with E-state index in [1.54, 1.807) is 12.1 Å². The van der Waals surface area contributed by atoms with Crippen molar-refractivity contribution in [3.05, 3.63) is 45.5 Å². The molecule has 0 bridgehead atoms. The Bertz CT molecular complexity index is 497. The van der Waals surface area contributed by atoms with Gasteiger partial charge in [0.15, 0.2) is 0 Å². The molecule has 0 saturated carbocycles. The molecular formula is C13H16N2O4. The summed E-state index contributed by atoms with van der Waals surface area (Å²) in [6.45, 7) is 0.829. The van der Waals surface area contributed by atoms with Crippen LogP contribution < -0.4 is 5.32 Å². The van der Waals surface area contributed by atoms with Crippen molar-refractivity contribution in [1.29, 1.82) is 0 Å². The molecule has 0 aliphatic carbocycles. The van der Waals surface area contributed by atoms with E-state index in [4.69, 9.17) is 5.11 Å². The fourth-order valence-electron chi connectivity index (χ4n) is 1.61. The predicted octanol–water partition coefficient (Wildman–Crippen LogP) is 1.84. The molecule has 1 rings (SSSR count). The normalized spacial score (nSPS) is 10.8. The SMILES string of the molecule is CNCCC=Cc1ccc(CC(=O)O)c([N+](=O)[O-])c1. The maximum absolute atomic E-state index is 10.9. The van der Waals surface area contributed by atoms with E-state index in [1.165, 1.54) is 12.1 Å². The Hall–Kier alpha value is -2.21. The third-order valence-electron chi connectivity index (χ3n) is 2.52. The molecule has 19 heavy (non-hydrogen) atoms. The van der Waals surface area contributed by atoms with Gasteiger partial charge in [-0.2, -0.15) is 0 Å².